The highest BCUT2D eigenvalue weighted by atomic mass is 35.5. The van der Waals surface area contributed by atoms with Gasteiger partial charge in [-0.3, -0.25) is 28.8 Å². The molecule has 3 atom stereocenters. The number of halogens is 1. The lowest BCUT2D eigenvalue weighted by atomic mass is 9.78. The van der Waals surface area contributed by atoms with E-state index in [9.17, 15) is 33.6 Å². The second-order valence-corrected chi connectivity index (χ2v) is 15.4. The van der Waals surface area contributed by atoms with E-state index in [0.717, 1.165) is 12.8 Å². The number of carbonyl (C=O) groups is 7. The number of rotatable bonds is 9. The molecule has 3 aromatic rings. The third-order valence-electron chi connectivity index (χ3n) is 10.6. The number of esters is 1. The topological polar surface area (TPSA) is 201 Å². The summed E-state index contributed by atoms with van der Waals surface area (Å²) >= 11 is 6.41. The molecule has 0 aromatic heterocycles. The molecule has 1 heterocycles. The third-order valence-corrected chi connectivity index (χ3v) is 10.9. The summed E-state index contributed by atoms with van der Waals surface area (Å²) in [6.07, 6.45) is 4.56. The van der Waals surface area contributed by atoms with Crippen LogP contribution in [0.2, 0.25) is 5.02 Å². The van der Waals surface area contributed by atoms with Crippen LogP contribution in [0.15, 0.2) is 78.9 Å². The number of nitrogens with one attached hydrogen (secondary N) is 6. The van der Waals surface area contributed by atoms with Crippen molar-refractivity contribution < 1.29 is 38.3 Å². The highest BCUT2D eigenvalue weighted by Crippen LogP contribution is 2.44. The largest absolute Gasteiger partial charge is 0.467 e. The van der Waals surface area contributed by atoms with E-state index < -0.39 is 59.0 Å². The molecule has 1 saturated heterocycles. The minimum absolute atomic E-state index is 0.00524. The Labute approximate surface area is 343 Å². The second kappa shape index (κ2) is 21.1. The van der Waals surface area contributed by atoms with E-state index in [4.69, 9.17) is 16.3 Å². The van der Waals surface area contributed by atoms with Crippen molar-refractivity contribution in [3.05, 3.63) is 101 Å². The first-order valence-corrected chi connectivity index (χ1v) is 20.0. The van der Waals surface area contributed by atoms with Crippen molar-refractivity contribution in [2.24, 2.45) is 5.41 Å². The van der Waals surface area contributed by atoms with Crippen molar-refractivity contribution in [1.29, 1.82) is 0 Å². The van der Waals surface area contributed by atoms with Crippen LogP contribution in [-0.4, -0.2) is 79.7 Å². The molecule has 0 unspecified atom stereocenters. The van der Waals surface area contributed by atoms with Gasteiger partial charge in [0.05, 0.1) is 13.7 Å². The van der Waals surface area contributed by atoms with Crippen molar-refractivity contribution in [2.45, 2.75) is 88.8 Å². The Balaban J connectivity index is 1.29. The first kappa shape index (κ1) is 43.4. The Morgan fingerprint density at radius 2 is 1.48 bits per heavy atom. The first-order chi connectivity index (χ1) is 27.9. The van der Waals surface area contributed by atoms with Gasteiger partial charge in [-0.15, -0.1) is 0 Å². The molecule has 58 heavy (non-hydrogen) atoms. The molecule has 0 bridgehead atoms. The van der Waals surface area contributed by atoms with Crippen LogP contribution < -0.4 is 31.9 Å². The second-order valence-electron chi connectivity index (χ2n) is 15.0. The summed E-state index contributed by atoms with van der Waals surface area (Å²) < 4.78 is 4.91. The molecule has 5 rings (SSSR count). The number of amides is 6. The molecule has 308 valence electrons. The lowest BCUT2D eigenvalue weighted by Gasteiger charge is -2.29. The van der Waals surface area contributed by atoms with Crippen LogP contribution in [0, 0.1) is 5.41 Å². The fourth-order valence-corrected chi connectivity index (χ4v) is 7.69. The average molecular weight is 815 g/mol. The van der Waals surface area contributed by atoms with E-state index in [2.05, 4.69) is 31.9 Å². The number of hydrogen-bond donors (Lipinski definition) is 6. The molecule has 1 saturated carbocycles. The number of benzene rings is 3. The van der Waals surface area contributed by atoms with Crippen molar-refractivity contribution in [3.63, 3.8) is 0 Å². The molecular formula is C43H51ClN6O8. The molecule has 6 amide bonds. The van der Waals surface area contributed by atoms with Gasteiger partial charge in [0.25, 0.3) is 5.91 Å². The summed E-state index contributed by atoms with van der Waals surface area (Å²) in [5.74, 6) is -3.20. The monoisotopic (exact) mass is 814 g/mol. The normalized spacial score (nSPS) is 19.9. The molecule has 1 aliphatic carbocycles. The Morgan fingerprint density at radius 3 is 2.17 bits per heavy atom. The first-order valence-electron chi connectivity index (χ1n) is 19.6. The molecule has 1 aliphatic heterocycles. The van der Waals surface area contributed by atoms with Crippen LogP contribution in [0.25, 0.3) is 0 Å². The number of ether oxygens (including phenoxy) is 1. The van der Waals surface area contributed by atoms with Crippen molar-refractivity contribution in [3.8, 4) is 0 Å². The smallest absolute Gasteiger partial charge is 0.328 e. The maximum atomic E-state index is 13.7. The van der Waals surface area contributed by atoms with Crippen LogP contribution >= 0.6 is 11.6 Å². The van der Waals surface area contributed by atoms with Crippen LogP contribution in [0.4, 0.5) is 5.69 Å². The van der Waals surface area contributed by atoms with Gasteiger partial charge in [-0.05, 0) is 79.0 Å². The average Bonchev–Trinajstić information content (AvgIpc) is 3.66. The summed E-state index contributed by atoms with van der Waals surface area (Å²) in [6, 6.07) is 19.5. The molecule has 2 aliphatic rings. The number of carbonyl (C=O) groups excluding carboxylic acids is 7. The van der Waals surface area contributed by atoms with Gasteiger partial charge in [0, 0.05) is 48.5 Å². The van der Waals surface area contributed by atoms with Gasteiger partial charge < -0.3 is 36.6 Å². The van der Waals surface area contributed by atoms with Gasteiger partial charge in [-0.2, -0.15) is 0 Å². The third kappa shape index (κ3) is 12.9. The number of anilines is 1. The SMILES string of the molecule is COC(=O)[C@H]1CCCCNC(=O)CNC(=O)[C@@H](Cc2ccc(NC(=O)[C@H](Cc3ccccc3Cl)NC(=O)c3ccccc3)cc2)NC(=O)CC2(CCCC2)CC(=O)N1. The van der Waals surface area contributed by atoms with Crippen molar-refractivity contribution in [1.82, 2.24) is 26.6 Å². The van der Waals surface area contributed by atoms with E-state index in [1.54, 1.807) is 78.9 Å². The zero-order chi connectivity index (χ0) is 41.5. The highest BCUT2D eigenvalue weighted by molar-refractivity contribution is 6.31. The van der Waals surface area contributed by atoms with Crippen molar-refractivity contribution >= 4 is 58.7 Å². The number of hydrogen-bond acceptors (Lipinski definition) is 8. The molecule has 6 N–H and O–H groups in total. The molecule has 2 fully saturated rings. The molecule has 14 nitrogen and oxygen atoms in total. The predicted octanol–water partition coefficient (Wildman–Crippen LogP) is 3.76. The Morgan fingerprint density at radius 1 is 0.810 bits per heavy atom. The number of methoxy groups -OCH3 is 1. The Bertz CT molecular complexity index is 1940. The van der Waals surface area contributed by atoms with Crippen LogP contribution in [0.5, 0.6) is 0 Å². The van der Waals surface area contributed by atoms with Crippen LogP contribution in [0.3, 0.4) is 0 Å². The molecule has 1 spiro atoms. The molecule has 15 heteroatoms. The lowest BCUT2D eigenvalue weighted by molar-refractivity contribution is -0.145. The quantitative estimate of drug-likeness (QED) is 0.175. The standard InChI is InChI=1S/C43H51ClN6O8/c1-58-42(57)33-15-7-10-22-45-38(53)27-46-40(55)34(49-37(52)26-43(20-8-9-21-43)25-36(51)48-33)23-28-16-18-31(19-17-28)47-41(56)35(24-30-13-5-6-14-32(30)44)50-39(54)29-11-3-2-4-12-29/h2-6,11-14,16-19,33-35H,7-10,15,20-27H2,1H3,(H,45,53)(H,46,55)(H,47,56)(H,48,51)(H,49,52)(H,50,54)/t33-,34-,35+/m1/s1. The van der Waals surface area contributed by atoms with Crippen LogP contribution in [0.1, 0.15) is 79.3 Å². The van der Waals surface area contributed by atoms with Gasteiger partial charge in [-0.25, -0.2) is 4.79 Å². The van der Waals surface area contributed by atoms with E-state index in [0.29, 0.717) is 66.0 Å². The summed E-state index contributed by atoms with van der Waals surface area (Å²) in [5.41, 5.74) is 1.51. The Kier molecular flexibility index (Phi) is 15.8. The van der Waals surface area contributed by atoms with E-state index in [-0.39, 0.29) is 38.1 Å². The summed E-state index contributed by atoms with van der Waals surface area (Å²) in [6.45, 7) is -0.0139. The minimum Gasteiger partial charge on any atom is -0.467 e. The highest BCUT2D eigenvalue weighted by Gasteiger charge is 2.39. The molecule has 0 radical (unpaired) electrons. The van der Waals surface area contributed by atoms with E-state index in [1.807, 2.05) is 0 Å². The van der Waals surface area contributed by atoms with Crippen LogP contribution in [-0.2, 0) is 46.3 Å². The van der Waals surface area contributed by atoms with Gasteiger partial charge in [0.2, 0.25) is 29.5 Å². The maximum absolute atomic E-state index is 13.7. The minimum atomic E-state index is -1.07. The van der Waals surface area contributed by atoms with Gasteiger partial charge >= 0.3 is 5.97 Å². The summed E-state index contributed by atoms with van der Waals surface area (Å²) in [4.78, 5) is 92.3. The summed E-state index contributed by atoms with van der Waals surface area (Å²) in [5, 5.41) is 17.2. The molecular weight excluding hydrogens is 764 g/mol. The maximum Gasteiger partial charge on any atom is 0.328 e. The zero-order valence-corrected chi connectivity index (χ0v) is 33.3. The van der Waals surface area contributed by atoms with Gasteiger partial charge in [0.1, 0.15) is 18.1 Å². The lowest BCUT2D eigenvalue weighted by Crippen LogP contribution is -2.51. The van der Waals surface area contributed by atoms with E-state index in [1.165, 1.54) is 7.11 Å². The zero-order valence-electron chi connectivity index (χ0n) is 32.6. The predicted molar refractivity (Wildman–Crippen MR) is 218 cm³/mol. The molecule has 3 aromatic carbocycles. The van der Waals surface area contributed by atoms with Gasteiger partial charge in [-0.1, -0.05) is 73.0 Å². The fourth-order valence-electron chi connectivity index (χ4n) is 7.48. The van der Waals surface area contributed by atoms with E-state index >= 15 is 0 Å². The fraction of sp³-hybridized carbons (Fsp3) is 0.419. The Hall–Kier alpha value is -5.76. The van der Waals surface area contributed by atoms with Gasteiger partial charge in [0.15, 0.2) is 0 Å². The van der Waals surface area contributed by atoms with Crippen molar-refractivity contribution in [2.75, 3.05) is 25.5 Å². The summed E-state index contributed by atoms with van der Waals surface area (Å²) in [7, 11) is 1.26.